The highest BCUT2D eigenvalue weighted by Gasteiger charge is 2.33. The van der Waals surface area contributed by atoms with Crippen LogP contribution in [0.3, 0.4) is 0 Å². The summed E-state index contributed by atoms with van der Waals surface area (Å²) in [6.07, 6.45) is 1.21. The molecule has 0 bridgehead atoms. The average molecular weight is 471 g/mol. The Kier molecular flexibility index (Phi) is 6.30. The first kappa shape index (κ1) is 22.4. The number of carbonyl (C=O) groups is 1. The molecule has 1 N–H and O–H groups in total. The predicted molar refractivity (Wildman–Crippen MR) is 132 cm³/mol. The molecule has 0 unspecified atom stereocenters. The summed E-state index contributed by atoms with van der Waals surface area (Å²) in [5, 5.41) is 3.53. The number of hydrogen-bond donors (Lipinski definition) is 1. The van der Waals surface area contributed by atoms with Gasteiger partial charge in [-0.3, -0.25) is 4.79 Å². The SMILES string of the molecule is COc1cccc(OCc2cc([C@H]3Nc4ccccc4C(=O)N3Cc3ccco3)ccc2OC)c1. The van der Waals surface area contributed by atoms with Crippen molar-refractivity contribution in [3.63, 3.8) is 0 Å². The summed E-state index contributed by atoms with van der Waals surface area (Å²) in [5.41, 5.74) is 3.19. The minimum atomic E-state index is -0.399. The summed E-state index contributed by atoms with van der Waals surface area (Å²) >= 11 is 0. The minimum absolute atomic E-state index is 0.0641. The molecule has 2 heterocycles. The molecule has 0 saturated carbocycles. The molecule has 0 aliphatic carbocycles. The van der Waals surface area contributed by atoms with Crippen LogP contribution in [0, 0.1) is 0 Å². The number of furan rings is 1. The van der Waals surface area contributed by atoms with Gasteiger partial charge in [-0.25, -0.2) is 0 Å². The maximum atomic E-state index is 13.5. The van der Waals surface area contributed by atoms with Crippen LogP contribution in [0.15, 0.2) is 89.5 Å². The van der Waals surface area contributed by atoms with Crippen molar-refractivity contribution in [2.75, 3.05) is 19.5 Å². The third-order valence-corrected chi connectivity index (χ3v) is 5.98. The highest BCUT2D eigenvalue weighted by molar-refractivity contribution is 6.01. The molecule has 5 rings (SSSR count). The van der Waals surface area contributed by atoms with E-state index >= 15 is 0 Å². The smallest absolute Gasteiger partial charge is 0.258 e. The van der Waals surface area contributed by atoms with Crippen molar-refractivity contribution in [3.8, 4) is 17.2 Å². The molecule has 1 aliphatic heterocycles. The Morgan fingerprint density at radius 3 is 2.57 bits per heavy atom. The second-order valence-corrected chi connectivity index (χ2v) is 8.14. The van der Waals surface area contributed by atoms with Crippen molar-refractivity contribution >= 4 is 11.6 Å². The average Bonchev–Trinajstić information content (AvgIpc) is 3.42. The van der Waals surface area contributed by atoms with Crippen LogP contribution in [0.1, 0.15) is 33.4 Å². The highest BCUT2D eigenvalue weighted by Crippen LogP contribution is 2.36. The first-order valence-electron chi connectivity index (χ1n) is 11.3. The van der Waals surface area contributed by atoms with E-state index in [9.17, 15) is 4.79 Å². The molecule has 178 valence electrons. The first-order chi connectivity index (χ1) is 17.2. The lowest BCUT2D eigenvalue weighted by Crippen LogP contribution is -2.42. The highest BCUT2D eigenvalue weighted by atomic mass is 16.5. The summed E-state index contributed by atoms with van der Waals surface area (Å²) in [6, 6.07) is 24.5. The van der Waals surface area contributed by atoms with Crippen LogP contribution >= 0.6 is 0 Å². The van der Waals surface area contributed by atoms with Gasteiger partial charge in [-0.15, -0.1) is 0 Å². The number of benzene rings is 3. The Balaban J connectivity index is 1.47. The zero-order chi connectivity index (χ0) is 24.2. The van der Waals surface area contributed by atoms with Crippen LogP contribution in [0.4, 0.5) is 5.69 Å². The van der Waals surface area contributed by atoms with Crippen molar-refractivity contribution < 1.29 is 23.4 Å². The van der Waals surface area contributed by atoms with Gasteiger partial charge < -0.3 is 28.8 Å². The van der Waals surface area contributed by atoms with E-state index in [0.717, 1.165) is 22.6 Å². The van der Waals surface area contributed by atoms with Gasteiger partial charge in [0.2, 0.25) is 0 Å². The van der Waals surface area contributed by atoms with Crippen molar-refractivity contribution in [2.24, 2.45) is 0 Å². The zero-order valence-corrected chi connectivity index (χ0v) is 19.6. The van der Waals surface area contributed by atoms with E-state index in [0.29, 0.717) is 36.0 Å². The Morgan fingerprint density at radius 1 is 0.914 bits per heavy atom. The maximum Gasteiger partial charge on any atom is 0.258 e. The Bertz CT molecular complexity index is 1320. The summed E-state index contributed by atoms with van der Waals surface area (Å²) < 4.78 is 22.5. The molecule has 7 nitrogen and oxygen atoms in total. The Hall–Kier alpha value is -4.39. The summed E-state index contributed by atoms with van der Waals surface area (Å²) in [4.78, 5) is 15.3. The lowest BCUT2D eigenvalue weighted by atomic mass is 10.0. The Morgan fingerprint density at radius 2 is 1.77 bits per heavy atom. The summed E-state index contributed by atoms with van der Waals surface area (Å²) in [5.74, 6) is 2.76. The quantitative estimate of drug-likeness (QED) is 0.359. The predicted octanol–water partition coefficient (Wildman–Crippen LogP) is 5.64. The van der Waals surface area contributed by atoms with Crippen LogP contribution in [-0.4, -0.2) is 25.0 Å². The molecule has 0 radical (unpaired) electrons. The normalized spacial score (nSPS) is 14.7. The van der Waals surface area contributed by atoms with Crippen molar-refractivity contribution in [1.82, 2.24) is 4.90 Å². The lowest BCUT2D eigenvalue weighted by molar-refractivity contribution is 0.0651. The van der Waals surface area contributed by atoms with Crippen LogP contribution in [0.5, 0.6) is 17.2 Å². The van der Waals surface area contributed by atoms with Crippen LogP contribution < -0.4 is 19.5 Å². The molecule has 0 fully saturated rings. The van der Waals surface area contributed by atoms with Gasteiger partial charge in [0.15, 0.2) is 0 Å². The largest absolute Gasteiger partial charge is 0.497 e. The molecule has 0 spiro atoms. The molecule has 0 saturated heterocycles. The number of methoxy groups -OCH3 is 2. The van der Waals surface area contributed by atoms with E-state index in [-0.39, 0.29) is 5.91 Å². The number of para-hydroxylation sites is 1. The summed E-state index contributed by atoms with van der Waals surface area (Å²) in [6.45, 7) is 0.624. The standard InChI is InChI=1S/C28H26N2O5/c1-32-21-7-5-8-22(16-21)35-18-20-15-19(12-13-26(20)33-2)27-29-25-11-4-3-10-24(25)28(31)30(27)17-23-9-6-14-34-23/h3-16,27,29H,17-18H2,1-2H3/t27-/m0/s1. The number of anilines is 1. The maximum absolute atomic E-state index is 13.5. The van der Waals surface area contributed by atoms with Crippen molar-refractivity contribution in [3.05, 3.63) is 108 Å². The monoisotopic (exact) mass is 470 g/mol. The van der Waals surface area contributed by atoms with Crippen molar-refractivity contribution in [2.45, 2.75) is 19.3 Å². The fraction of sp³-hybridized carbons (Fsp3) is 0.179. The van der Waals surface area contributed by atoms with Gasteiger partial charge in [0, 0.05) is 17.3 Å². The number of fused-ring (bicyclic) bond motifs is 1. The lowest BCUT2D eigenvalue weighted by Gasteiger charge is -2.38. The van der Waals surface area contributed by atoms with Crippen LogP contribution in [-0.2, 0) is 13.2 Å². The fourth-order valence-corrected chi connectivity index (χ4v) is 4.22. The molecule has 1 aliphatic rings. The number of amides is 1. The van der Waals surface area contributed by atoms with E-state index in [2.05, 4.69) is 5.32 Å². The van der Waals surface area contributed by atoms with E-state index in [1.54, 1.807) is 25.4 Å². The van der Waals surface area contributed by atoms with E-state index in [1.165, 1.54) is 0 Å². The molecular formula is C28H26N2O5. The molecule has 7 heteroatoms. The molecule has 1 atom stereocenters. The number of carbonyl (C=O) groups excluding carboxylic acids is 1. The molecular weight excluding hydrogens is 444 g/mol. The third kappa shape index (κ3) is 4.66. The van der Waals surface area contributed by atoms with Crippen molar-refractivity contribution in [1.29, 1.82) is 0 Å². The van der Waals surface area contributed by atoms with E-state index < -0.39 is 6.17 Å². The number of ether oxygens (including phenoxy) is 3. The fourth-order valence-electron chi connectivity index (χ4n) is 4.22. The van der Waals surface area contributed by atoms with Gasteiger partial charge in [0.1, 0.15) is 35.8 Å². The zero-order valence-electron chi connectivity index (χ0n) is 19.6. The van der Waals surface area contributed by atoms with Gasteiger partial charge in [-0.05, 0) is 54.1 Å². The van der Waals surface area contributed by atoms with Gasteiger partial charge >= 0.3 is 0 Å². The summed E-state index contributed by atoms with van der Waals surface area (Å²) in [7, 11) is 3.25. The topological polar surface area (TPSA) is 73.2 Å². The second kappa shape index (κ2) is 9.85. The molecule has 35 heavy (non-hydrogen) atoms. The second-order valence-electron chi connectivity index (χ2n) is 8.14. The minimum Gasteiger partial charge on any atom is -0.497 e. The number of nitrogens with one attached hydrogen (secondary N) is 1. The van der Waals surface area contributed by atoms with Gasteiger partial charge in [0.25, 0.3) is 5.91 Å². The van der Waals surface area contributed by atoms with Gasteiger partial charge in [0.05, 0.1) is 32.6 Å². The number of rotatable bonds is 8. The molecule has 4 aromatic rings. The number of hydrogen-bond acceptors (Lipinski definition) is 6. The molecule has 1 amide bonds. The van der Waals surface area contributed by atoms with E-state index in [1.807, 2.05) is 78.9 Å². The first-order valence-corrected chi connectivity index (χ1v) is 11.3. The van der Waals surface area contributed by atoms with Crippen LogP contribution in [0.25, 0.3) is 0 Å². The van der Waals surface area contributed by atoms with Gasteiger partial charge in [-0.2, -0.15) is 0 Å². The molecule has 3 aromatic carbocycles. The van der Waals surface area contributed by atoms with Gasteiger partial charge in [-0.1, -0.05) is 24.3 Å². The Labute approximate surface area is 203 Å². The van der Waals surface area contributed by atoms with Crippen LogP contribution in [0.2, 0.25) is 0 Å². The third-order valence-electron chi connectivity index (χ3n) is 5.98. The molecule has 1 aromatic heterocycles. The number of nitrogens with zero attached hydrogens (tertiary/aromatic N) is 1. The van der Waals surface area contributed by atoms with E-state index in [4.69, 9.17) is 18.6 Å².